The molecule has 0 atom stereocenters. The number of ether oxygens (including phenoxy) is 1. The normalized spacial score (nSPS) is 10.5. The fraction of sp³-hybridized carbons (Fsp3) is 0.125. The number of nitrogens with zero attached hydrogens (tertiary/aromatic N) is 2. The molecule has 0 radical (unpaired) electrons. The Morgan fingerprint density at radius 3 is 2.80 bits per heavy atom. The smallest absolute Gasteiger partial charge is 0.336 e. The van der Waals surface area contributed by atoms with E-state index >= 15 is 0 Å². The van der Waals surface area contributed by atoms with Crippen molar-refractivity contribution in [2.45, 2.75) is 4.34 Å². The number of carbonyl (C=O) groups excluding carboxylic acids is 1. The van der Waals surface area contributed by atoms with Gasteiger partial charge in [0.1, 0.15) is 5.75 Å². The molecule has 0 fully saturated rings. The fourth-order valence-corrected chi connectivity index (χ4v) is 3.22. The molecule has 3 rings (SSSR count). The van der Waals surface area contributed by atoms with Crippen molar-refractivity contribution in [2.75, 3.05) is 18.7 Å². The predicted molar refractivity (Wildman–Crippen MR) is 96.6 cm³/mol. The second-order valence-electron chi connectivity index (χ2n) is 4.79. The van der Waals surface area contributed by atoms with Gasteiger partial charge in [-0.05, 0) is 35.6 Å². The first-order valence-corrected chi connectivity index (χ1v) is 9.11. The second-order valence-corrected chi connectivity index (χ2v) is 6.82. The number of hydrogen-bond acceptors (Lipinski definition) is 8. The Balaban J connectivity index is 1.90. The third kappa shape index (κ3) is 4.06. The van der Waals surface area contributed by atoms with Crippen molar-refractivity contribution in [3.8, 4) is 16.9 Å². The van der Waals surface area contributed by atoms with E-state index in [-0.39, 0.29) is 5.76 Å². The van der Waals surface area contributed by atoms with Gasteiger partial charge in [0.25, 0.3) is 5.91 Å². The summed E-state index contributed by atoms with van der Waals surface area (Å²) in [5.41, 5.74) is 0.678. The zero-order chi connectivity index (χ0) is 17.8. The molecule has 1 amide bonds. The summed E-state index contributed by atoms with van der Waals surface area (Å²) in [6.07, 6.45) is 1.86. The van der Waals surface area contributed by atoms with Crippen molar-refractivity contribution in [2.24, 2.45) is 0 Å². The van der Waals surface area contributed by atoms with Gasteiger partial charge in [-0.25, -0.2) is 4.79 Å². The van der Waals surface area contributed by atoms with Gasteiger partial charge in [0.05, 0.1) is 7.11 Å². The van der Waals surface area contributed by atoms with E-state index < -0.39 is 11.5 Å². The van der Waals surface area contributed by atoms with E-state index in [2.05, 4.69) is 15.5 Å². The van der Waals surface area contributed by atoms with Crippen LogP contribution in [0.3, 0.4) is 0 Å². The van der Waals surface area contributed by atoms with Crippen LogP contribution in [-0.4, -0.2) is 29.5 Å². The lowest BCUT2D eigenvalue weighted by molar-refractivity contribution is 0.0992. The van der Waals surface area contributed by atoms with Crippen LogP contribution >= 0.6 is 23.1 Å². The monoisotopic (exact) mass is 375 g/mol. The Hall–Kier alpha value is -2.65. The largest absolute Gasteiger partial charge is 0.497 e. The van der Waals surface area contributed by atoms with Gasteiger partial charge in [-0.15, -0.1) is 10.2 Å². The zero-order valence-corrected chi connectivity index (χ0v) is 14.9. The number of hydrogen-bond donors (Lipinski definition) is 1. The van der Waals surface area contributed by atoms with Crippen LogP contribution in [0, 0.1) is 0 Å². The molecule has 128 valence electrons. The van der Waals surface area contributed by atoms with Crippen molar-refractivity contribution >= 4 is 34.1 Å². The van der Waals surface area contributed by atoms with E-state index in [1.165, 1.54) is 35.2 Å². The van der Waals surface area contributed by atoms with Crippen LogP contribution in [0.2, 0.25) is 0 Å². The summed E-state index contributed by atoms with van der Waals surface area (Å²) in [5.74, 6) is -0.0212. The van der Waals surface area contributed by atoms with Gasteiger partial charge in [-0.1, -0.05) is 35.2 Å². The zero-order valence-electron chi connectivity index (χ0n) is 13.3. The lowest BCUT2D eigenvalue weighted by Crippen LogP contribution is -2.14. The molecule has 3 aromatic rings. The van der Waals surface area contributed by atoms with E-state index in [9.17, 15) is 9.59 Å². The molecule has 1 N–H and O–H groups in total. The highest BCUT2D eigenvalue weighted by Crippen LogP contribution is 2.25. The Kier molecular flexibility index (Phi) is 5.15. The molecule has 2 aromatic heterocycles. The number of benzene rings is 1. The number of anilines is 1. The summed E-state index contributed by atoms with van der Waals surface area (Å²) in [6.45, 7) is 0. The minimum Gasteiger partial charge on any atom is -0.497 e. The topological polar surface area (TPSA) is 94.3 Å². The molecule has 7 nitrogen and oxygen atoms in total. The van der Waals surface area contributed by atoms with Gasteiger partial charge in [-0.2, -0.15) is 0 Å². The summed E-state index contributed by atoms with van der Waals surface area (Å²) in [6, 6.07) is 10.00. The molecule has 0 aliphatic rings. The molecule has 0 saturated heterocycles. The van der Waals surface area contributed by atoms with Crippen LogP contribution in [0.15, 0.2) is 49.9 Å². The van der Waals surface area contributed by atoms with Crippen molar-refractivity contribution in [3.63, 3.8) is 0 Å². The average Bonchev–Trinajstić information content (AvgIpc) is 3.08. The summed E-state index contributed by atoms with van der Waals surface area (Å²) in [4.78, 5) is 24.2. The summed E-state index contributed by atoms with van der Waals surface area (Å²) < 4.78 is 10.9. The third-order valence-corrected chi connectivity index (χ3v) is 5.01. The van der Waals surface area contributed by atoms with Crippen LogP contribution in [0.5, 0.6) is 5.75 Å². The molecule has 0 aliphatic heterocycles. The average molecular weight is 375 g/mol. The fourth-order valence-electron chi connectivity index (χ4n) is 2.06. The van der Waals surface area contributed by atoms with Crippen LogP contribution in [0.1, 0.15) is 10.6 Å². The molecule has 9 heteroatoms. The minimum absolute atomic E-state index is 0.105. The Bertz CT molecular complexity index is 968. The number of amides is 1. The van der Waals surface area contributed by atoms with Gasteiger partial charge in [0, 0.05) is 6.07 Å². The highest BCUT2D eigenvalue weighted by Gasteiger charge is 2.15. The van der Waals surface area contributed by atoms with Crippen LogP contribution in [-0.2, 0) is 0 Å². The lowest BCUT2D eigenvalue weighted by Gasteiger charge is -2.06. The molecule has 0 spiro atoms. The van der Waals surface area contributed by atoms with Crippen LogP contribution in [0.4, 0.5) is 5.13 Å². The standard InChI is InChI=1S/C16H13N3O4S2/c1-22-11-5-3-4-9(6-11)10-7-12(23-13(20)8-10)14(21)17-15-18-19-16(24-2)25-15/h3-8H,1-2H3,(H,17,18,21). The number of methoxy groups -OCH3 is 1. The summed E-state index contributed by atoms with van der Waals surface area (Å²) >= 11 is 2.66. The van der Waals surface area contributed by atoms with E-state index in [0.717, 1.165) is 9.90 Å². The van der Waals surface area contributed by atoms with Crippen LogP contribution < -0.4 is 15.7 Å². The number of aromatic nitrogens is 2. The van der Waals surface area contributed by atoms with E-state index in [1.807, 2.05) is 12.3 Å². The first kappa shape index (κ1) is 17.2. The number of thioether (sulfide) groups is 1. The highest BCUT2D eigenvalue weighted by atomic mass is 32.2. The first-order chi connectivity index (χ1) is 12.1. The highest BCUT2D eigenvalue weighted by molar-refractivity contribution is 8.00. The summed E-state index contributed by atoms with van der Waals surface area (Å²) in [7, 11) is 1.56. The van der Waals surface area contributed by atoms with Crippen molar-refractivity contribution in [3.05, 3.63) is 52.6 Å². The lowest BCUT2D eigenvalue weighted by atomic mass is 10.1. The molecule has 1 aromatic carbocycles. The molecule has 0 aliphatic carbocycles. The quantitative estimate of drug-likeness (QED) is 0.541. The SMILES string of the molecule is COc1cccc(-c2cc(C(=O)Nc3nnc(SC)s3)oc(=O)c2)c1. The van der Waals surface area contributed by atoms with Crippen molar-refractivity contribution in [1.82, 2.24) is 10.2 Å². The summed E-state index contributed by atoms with van der Waals surface area (Å²) in [5, 5.41) is 10.7. The molecular weight excluding hydrogens is 362 g/mol. The Labute approximate surface area is 151 Å². The van der Waals surface area contributed by atoms with Gasteiger partial charge >= 0.3 is 5.63 Å². The maximum atomic E-state index is 12.3. The van der Waals surface area contributed by atoms with Gasteiger partial charge in [0.2, 0.25) is 5.13 Å². The molecule has 2 heterocycles. The molecule has 25 heavy (non-hydrogen) atoms. The molecule has 0 bridgehead atoms. The predicted octanol–water partition coefficient (Wildman–Crippen LogP) is 3.14. The molecule has 0 saturated carbocycles. The van der Waals surface area contributed by atoms with E-state index in [1.54, 1.807) is 25.3 Å². The Morgan fingerprint density at radius 1 is 1.24 bits per heavy atom. The second kappa shape index (κ2) is 7.49. The Morgan fingerprint density at radius 2 is 2.08 bits per heavy atom. The van der Waals surface area contributed by atoms with E-state index in [0.29, 0.717) is 16.4 Å². The number of nitrogens with one attached hydrogen (secondary N) is 1. The molecule has 0 unspecified atom stereocenters. The van der Waals surface area contributed by atoms with Gasteiger partial charge in [-0.3, -0.25) is 10.1 Å². The van der Waals surface area contributed by atoms with Crippen LogP contribution in [0.25, 0.3) is 11.1 Å². The number of carbonyl (C=O) groups is 1. The minimum atomic E-state index is -0.618. The maximum Gasteiger partial charge on any atom is 0.336 e. The van der Waals surface area contributed by atoms with Crippen molar-refractivity contribution < 1.29 is 13.9 Å². The maximum absolute atomic E-state index is 12.3. The van der Waals surface area contributed by atoms with E-state index in [4.69, 9.17) is 9.15 Å². The van der Waals surface area contributed by atoms with Gasteiger partial charge < -0.3 is 9.15 Å². The first-order valence-electron chi connectivity index (χ1n) is 7.07. The van der Waals surface area contributed by atoms with Crippen molar-refractivity contribution in [1.29, 1.82) is 0 Å². The number of rotatable bonds is 5. The third-order valence-electron chi connectivity index (χ3n) is 3.20. The molecular formula is C16H13N3O4S2. The van der Waals surface area contributed by atoms with Gasteiger partial charge in [0.15, 0.2) is 10.1 Å².